The molecule has 1 N–H and O–H groups in total. The van der Waals surface area contributed by atoms with Gasteiger partial charge in [0.1, 0.15) is 16.6 Å². The van der Waals surface area contributed by atoms with Crippen molar-refractivity contribution in [3.63, 3.8) is 0 Å². The van der Waals surface area contributed by atoms with Crippen molar-refractivity contribution in [1.29, 1.82) is 0 Å². The van der Waals surface area contributed by atoms with Gasteiger partial charge in [-0.05, 0) is 23.6 Å². The molecule has 0 aliphatic carbocycles. The summed E-state index contributed by atoms with van der Waals surface area (Å²) in [4.78, 5) is 27.9. The first-order chi connectivity index (χ1) is 14.7. The summed E-state index contributed by atoms with van der Waals surface area (Å²) >= 11 is 1.05. The minimum Gasteiger partial charge on any atom is -0.381 e. The Hall–Kier alpha value is -3.28. The number of hydrogen-bond acceptors (Lipinski definition) is 6. The normalized spacial score (nSPS) is 15.3. The zero-order valence-corrected chi connectivity index (χ0v) is 17.0. The largest absolute Gasteiger partial charge is 0.381 e. The number of ether oxygens (including phenoxy) is 1. The number of amides is 2. The first-order valence-corrected chi connectivity index (χ1v) is 10.3. The predicted molar refractivity (Wildman–Crippen MR) is 115 cm³/mol. The van der Waals surface area contributed by atoms with Crippen LogP contribution in [0, 0.1) is 12.3 Å². The van der Waals surface area contributed by atoms with Crippen LogP contribution in [0.4, 0.5) is 5.69 Å². The van der Waals surface area contributed by atoms with Gasteiger partial charge < -0.3 is 10.1 Å². The third-order valence-corrected chi connectivity index (χ3v) is 5.84. The van der Waals surface area contributed by atoms with E-state index in [1.807, 2.05) is 36.4 Å². The fourth-order valence-electron chi connectivity index (χ4n) is 3.78. The van der Waals surface area contributed by atoms with Crippen LogP contribution in [0.25, 0.3) is 11.0 Å². The Labute approximate surface area is 178 Å². The van der Waals surface area contributed by atoms with E-state index in [4.69, 9.17) is 11.2 Å². The molecule has 2 heterocycles. The Balaban J connectivity index is 1.75. The average molecular weight is 420 g/mol. The van der Waals surface area contributed by atoms with E-state index in [0.29, 0.717) is 49.3 Å². The number of aromatic nitrogens is 2. The zero-order valence-electron chi connectivity index (χ0n) is 16.2. The molecule has 7 nitrogen and oxygen atoms in total. The molecule has 4 rings (SSSR count). The molecular weight excluding hydrogens is 400 g/mol. The minimum absolute atomic E-state index is 0.265. The molecule has 1 saturated heterocycles. The van der Waals surface area contributed by atoms with Crippen LogP contribution in [0.15, 0.2) is 48.5 Å². The van der Waals surface area contributed by atoms with E-state index < -0.39 is 11.4 Å². The van der Waals surface area contributed by atoms with Gasteiger partial charge in [0.25, 0.3) is 0 Å². The van der Waals surface area contributed by atoms with E-state index in [0.717, 1.165) is 17.3 Å². The van der Waals surface area contributed by atoms with Gasteiger partial charge in [-0.25, -0.2) is 0 Å². The predicted octanol–water partition coefficient (Wildman–Crippen LogP) is 2.52. The lowest BCUT2D eigenvalue weighted by molar-refractivity contribution is -0.133. The number of hydrogen-bond donors (Lipinski definition) is 1. The van der Waals surface area contributed by atoms with E-state index in [1.165, 1.54) is 4.90 Å². The van der Waals surface area contributed by atoms with Crippen molar-refractivity contribution in [2.24, 2.45) is 0 Å². The Morgan fingerprint density at radius 1 is 1.13 bits per heavy atom. The summed E-state index contributed by atoms with van der Waals surface area (Å²) < 4.78 is 14.1. The van der Waals surface area contributed by atoms with Gasteiger partial charge in [-0.3, -0.25) is 14.5 Å². The topological polar surface area (TPSA) is 84.4 Å². The van der Waals surface area contributed by atoms with Crippen LogP contribution in [0.1, 0.15) is 18.4 Å². The van der Waals surface area contributed by atoms with Gasteiger partial charge in [0.2, 0.25) is 5.91 Å². The zero-order chi connectivity index (χ0) is 21.0. The molecule has 0 radical (unpaired) electrons. The van der Waals surface area contributed by atoms with Gasteiger partial charge >= 0.3 is 5.91 Å². The number of carbonyl (C=O) groups excluding carboxylic acids is 2. The quantitative estimate of drug-likeness (QED) is 0.641. The number of carbonyl (C=O) groups is 2. The monoisotopic (exact) mass is 420 g/mol. The molecule has 1 fully saturated rings. The van der Waals surface area contributed by atoms with Gasteiger partial charge in [0, 0.05) is 32.6 Å². The summed E-state index contributed by atoms with van der Waals surface area (Å²) in [5.74, 6) is 1.34. The maximum absolute atomic E-state index is 13.5. The number of terminal acetylenes is 1. The second kappa shape index (κ2) is 8.61. The third kappa shape index (κ3) is 3.65. The fraction of sp³-hybridized carbons (Fsp3) is 0.273. The lowest BCUT2D eigenvalue weighted by Gasteiger charge is -2.43. The Morgan fingerprint density at radius 3 is 2.63 bits per heavy atom. The molecule has 2 amide bonds. The molecule has 0 atom stereocenters. The lowest BCUT2D eigenvalue weighted by Crippen LogP contribution is -2.63. The van der Waals surface area contributed by atoms with E-state index in [9.17, 15) is 9.59 Å². The van der Waals surface area contributed by atoms with Crippen LogP contribution in [0.2, 0.25) is 0 Å². The Morgan fingerprint density at radius 2 is 1.90 bits per heavy atom. The Kier molecular flexibility index (Phi) is 5.74. The second-order valence-corrected chi connectivity index (χ2v) is 7.53. The van der Waals surface area contributed by atoms with Crippen LogP contribution in [0.3, 0.4) is 0 Å². The Bertz CT molecular complexity index is 1100. The molecule has 8 heteroatoms. The van der Waals surface area contributed by atoms with Crippen molar-refractivity contribution in [2.45, 2.75) is 24.9 Å². The van der Waals surface area contributed by atoms with Crippen LogP contribution < -0.4 is 10.2 Å². The molecule has 152 valence electrons. The standard InChI is InChI=1S/C22H20N4O3S/c1-2-19(27)26(18-10-6-9-17-20(18)25-30-24-17)22(11-13-29-14-12-22)21(28)23-15-16-7-4-3-5-8-16/h1,3-10H,11-15H2,(H,23,28). The highest BCUT2D eigenvalue weighted by molar-refractivity contribution is 7.00. The number of fused-ring (bicyclic) bond motifs is 1. The van der Waals surface area contributed by atoms with Crippen molar-refractivity contribution >= 4 is 40.3 Å². The number of benzene rings is 2. The molecule has 1 aliphatic rings. The van der Waals surface area contributed by atoms with E-state index in [1.54, 1.807) is 12.1 Å². The van der Waals surface area contributed by atoms with Gasteiger partial charge in [0.15, 0.2) is 0 Å². The molecule has 1 aromatic heterocycles. The lowest BCUT2D eigenvalue weighted by atomic mass is 9.85. The van der Waals surface area contributed by atoms with E-state index in [2.05, 4.69) is 20.0 Å². The van der Waals surface area contributed by atoms with Gasteiger partial charge in [-0.1, -0.05) is 36.4 Å². The molecule has 2 aromatic carbocycles. The van der Waals surface area contributed by atoms with Crippen LogP contribution in [-0.4, -0.2) is 39.3 Å². The molecule has 0 spiro atoms. The van der Waals surface area contributed by atoms with Gasteiger partial charge in [-0.15, -0.1) is 6.42 Å². The first kappa shape index (κ1) is 20.0. The van der Waals surface area contributed by atoms with Crippen molar-refractivity contribution in [2.75, 3.05) is 18.1 Å². The maximum atomic E-state index is 13.5. The molecule has 3 aromatic rings. The molecule has 1 aliphatic heterocycles. The molecule has 0 saturated carbocycles. The summed E-state index contributed by atoms with van der Waals surface area (Å²) in [6.07, 6.45) is 6.18. The summed E-state index contributed by atoms with van der Waals surface area (Å²) in [5.41, 5.74) is 1.48. The van der Waals surface area contributed by atoms with Crippen molar-refractivity contribution < 1.29 is 14.3 Å². The molecule has 0 unspecified atom stereocenters. The van der Waals surface area contributed by atoms with Crippen molar-refractivity contribution in [3.8, 4) is 12.3 Å². The summed E-state index contributed by atoms with van der Waals surface area (Å²) in [6.45, 7) is 1.04. The first-order valence-electron chi connectivity index (χ1n) is 9.58. The summed E-state index contributed by atoms with van der Waals surface area (Å²) in [6, 6.07) is 15.0. The van der Waals surface area contributed by atoms with Crippen LogP contribution in [0.5, 0.6) is 0 Å². The highest BCUT2D eigenvalue weighted by Crippen LogP contribution is 2.36. The maximum Gasteiger partial charge on any atom is 0.303 e. The minimum atomic E-state index is -1.17. The van der Waals surface area contributed by atoms with Crippen molar-refractivity contribution in [1.82, 2.24) is 14.1 Å². The average Bonchev–Trinajstić information content (AvgIpc) is 3.28. The second-order valence-electron chi connectivity index (χ2n) is 7.01. The number of nitrogens with one attached hydrogen (secondary N) is 1. The van der Waals surface area contributed by atoms with Gasteiger partial charge in [0.05, 0.1) is 17.4 Å². The summed E-state index contributed by atoms with van der Waals surface area (Å²) in [5, 5.41) is 2.99. The fourth-order valence-corrected chi connectivity index (χ4v) is 4.32. The highest BCUT2D eigenvalue weighted by Gasteiger charge is 2.48. The van der Waals surface area contributed by atoms with Gasteiger partial charge in [-0.2, -0.15) is 8.75 Å². The van der Waals surface area contributed by atoms with Crippen molar-refractivity contribution in [3.05, 3.63) is 54.1 Å². The molecule has 30 heavy (non-hydrogen) atoms. The molecule has 0 bridgehead atoms. The van der Waals surface area contributed by atoms with Crippen LogP contribution >= 0.6 is 11.7 Å². The highest BCUT2D eigenvalue weighted by atomic mass is 32.1. The smallest absolute Gasteiger partial charge is 0.303 e. The third-order valence-electron chi connectivity index (χ3n) is 5.30. The number of anilines is 1. The molecular formula is C22H20N4O3S. The SMILES string of the molecule is C#CC(=O)N(c1cccc2nsnc12)C1(C(=O)NCc2ccccc2)CCOCC1. The number of rotatable bonds is 5. The van der Waals surface area contributed by atoms with E-state index >= 15 is 0 Å². The van der Waals surface area contributed by atoms with Crippen LogP contribution in [-0.2, 0) is 20.9 Å². The van der Waals surface area contributed by atoms with E-state index in [-0.39, 0.29) is 5.91 Å². The number of nitrogens with zero attached hydrogens (tertiary/aromatic N) is 3. The summed E-state index contributed by atoms with van der Waals surface area (Å²) in [7, 11) is 0.